The molecule has 3 heterocycles. The number of benzene rings is 1. The molecule has 9 heteroatoms. The molecule has 4 aromatic rings. The molecule has 31 heavy (non-hydrogen) atoms. The summed E-state index contributed by atoms with van der Waals surface area (Å²) < 4.78 is 7.00. The molecule has 9 nitrogen and oxygen atoms in total. The first kappa shape index (κ1) is 20.3. The highest BCUT2D eigenvalue weighted by Gasteiger charge is 2.15. The van der Waals surface area contributed by atoms with Crippen LogP contribution in [0.3, 0.4) is 0 Å². The molecule has 0 unspecified atom stereocenters. The number of hydrogen-bond donors (Lipinski definition) is 2. The van der Waals surface area contributed by atoms with Crippen molar-refractivity contribution in [3.8, 4) is 11.4 Å². The first-order valence-electron chi connectivity index (χ1n) is 9.99. The zero-order valence-corrected chi connectivity index (χ0v) is 17.3. The third-order valence-corrected chi connectivity index (χ3v) is 4.80. The predicted octanol–water partition coefficient (Wildman–Crippen LogP) is 3.01. The second-order valence-corrected chi connectivity index (χ2v) is 7.02. The fraction of sp³-hybridized carbons (Fsp3) is 0.227. The van der Waals surface area contributed by atoms with E-state index in [-0.39, 0.29) is 18.2 Å². The lowest BCUT2D eigenvalue weighted by molar-refractivity contribution is -0.121. The second kappa shape index (κ2) is 8.78. The molecule has 0 aliphatic carbocycles. The molecule has 3 aromatic heterocycles. The molecular weight excluding hydrogens is 396 g/mol. The van der Waals surface area contributed by atoms with Gasteiger partial charge >= 0.3 is 0 Å². The molecule has 0 saturated carbocycles. The van der Waals surface area contributed by atoms with Gasteiger partial charge < -0.3 is 15.2 Å². The minimum absolute atomic E-state index is 0.0602. The van der Waals surface area contributed by atoms with Crippen molar-refractivity contribution in [2.75, 3.05) is 11.9 Å². The van der Waals surface area contributed by atoms with Crippen LogP contribution in [0.15, 0.2) is 53.3 Å². The summed E-state index contributed by atoms with van der Waals surface area (Å²) in [4.78, 5) is 33.1. The first-order chi connectivity index (χ1) is 15.0. The van der Waals surface area contributed by atoms with Gasteiger partial charge in [0.2, 0.25) is 17.6 Å². The SMILES string of the molecule is CCNC(=O)CCc1nc(-c2ccc(C)c(NC(=O)c3cnc4ccccn34)c2)no1. The summed E-state index contributed by atoms with van der Waals surface area (Å²) in [5.74, 6) is 0.457. The van der Waals surface area contributed by atoms with E-state index >= 15 is 0 Å². The highest BCUT2D eigenvalue weighted by molar-refractivity contribution is 6.04. The molecule has 2 amide bonds. The molecule has 0 aliphatic rings. The Morgan fingerprint density at radius 3 is 2.90 bits per heavy atom. The third kappa shape index (κ3) is 4.45. The Morgan fingerprint density at radius 2 is 2.06 bits per heavy atom. The van der Waals surface area contributed by atoms with Gasteiger partial charge in [-0.05, 0) is 37.6 Å². The number of hydrogen-bond acceptors (Lipinski definition) is 6. The number of pyridine rings is 1. The molecule has 0 radical (unpaired) electrons. The monoisotopic (exact) mass is 418 g/mol. The smallest absolute Gasteiger partial charge is 0.274 e. The highest BCUT2D eigenvalue weighted by Crippen LogP contribution is 2.24. The van der Waals surface area contributed by atoms with Crippen molar-refractivity contribution in [2.24, 2.45) is 0 Å². The zero-order chi connectivity index (χ0) is 21.8. The molecule has 158 valence electrons. The van der Waals surface area contributed by atoms with E-state index in [1.165, 1.54) is 0 Å². The van der Waals surface area contributed by atoms with Crippen LogP contribution in [-0.2, 0) is 11.2 Å². The molecule has 0 fully saturated rings. The Labute approximate surface area is 178 Å². The molecule has 1 aromatic carbocycles. The summed E-state index contributed by atoms with van der Waals surface area (Å²) in [6, 6.07) is 11.1. The van der Waals surface area contributed by atoms with Gasteiger partial charge in [-0.15, -0.1) is 0 Å². The lowest BCUT2D eigenvalue weighted by Gasteiger charge is -2.09. The van der Waals surface area contributed by atoms with Gasteiger partial charge in [0, 0.05) is 36.8 Å². The number of carbonyl (C=O) groups is 2. The number of rotatable bonds is 7. The van der Waals surface area contributed by atoms with E-state index in [0.717, 1.165) is 5.56 Å². The molecule has 0 saturated heterocycles. The minimum atomic E-state index is -0.269. The first-order valence-corrected chi connectivity index (χ1v) is 9.99. The molecule has 0 atom stereocenters. The Hall–Kier alpha value is -4.01. The Morgan fingerprint density at radius 1 is 1.19 bits per heavy atom. The number of aromatic nitrogens is 4. The summed E-state index contributed by atoms with van der Waals surface area (Å²) in [6.07, 6.45) is 3.98. The van der Waals surface area contributed by atoms with Crippen LogP contribution in [0.1, 0.15) is 35.3 Å². The average molecular weight is 418 g/mol. The van der Waals surface area contributed by atoms with Gasteiger partial charge in [-0.1, -0.05) is 23.4 Å². The molecule has 0 bridgehead atoms. The number of imidazole rings is 1. The van der Waals surface area contributed by atoms with Crippen LogP contribution in [0.5, 0.6) is 0 Å². The zero-order valence-electron chi connectivity index (χ0n) is 17.3. The Balaban J connectivity index is 1.51. The largest absolute Gasteiger partial charge is 0.356 e. The minimum Gasteiger partial charge on any atom is -0.356 e. The maximum Gasteiger partial charge on any atom is 0.274 e. The van der Waals surface area contributed by atoms with E-state index in [4.69, 9.17) is 4.52 Å². The van der Waals surface area contributed by atoms with Crippen LogP contribution in [0.2, 0.25) is 0 Å². The van der Waals surface area contributed by atoms with E-state index in [1.807, 2.05) is 44.2 Å². The lowest BCUT2D eigenvalue weighted by Crippen LogP contribution is -2.22. The van der Waals surface area contributed by atoms with Crippen molar-refractivity contribution >= 4 is 23.1 Å². The summed E-state index contributed by atoms with van der Waals surface area (Å²) >= 11 is 0. The Kier molecular flexibility index (Phi) is 5.74. The summed E-state index contributed by atoms with van der Waals surface area (Å²) in [7, 11) is 0. The van der Waals surface area contributed by atoms with Gasteiger partial charge in [-0.2, -0.15) is 4.98 Å². The van der Waals surface area contributed by atoms with Crippen molar-refractivity contribution in [1.29, 1.82) is 0 Å². The Bertz CT molecular complexity index is 1240. The number of anilines is 1. The topological polar surface area (TPSA) is 114 Å². The maximum atomic E-state index is 12.8. The molecule has 4 rings (SSSR count). The van der Waals surface area contributed by atoms with Crippen molar-refractivity contribution in [3.05, 3.63) is 65.9 Å². The third-order valence-electron chi connectivity index (χ3n) is 4.80. The molecule has 0 aliphatic heterocycles. The number of aryl methyl sites for hydroxylation is 2. The summed E-state index contributed by atoms with van der Waals surface area (Å²) in [6.45, 7) is 4.36. The van der Waals surface area contributed by atoms with Crippen LogP contribution < -0.4 is 10.6 Å². The van der Waals surface area contributed by atoms with Crippen LogP contribution in [0.25, 0.3) is 17.0 Å². The number of nitrogens with zero attached hydrogens (tertiary/aromatic N) is 4. The van der Waals surface area contributed by atoms with Crippen LogP contribution >= 0.6 is 0 Å². The van der Waals surface area contributed by atoms with Gasteiger partial charge in [0.25, 0.3) is 5.91 Å². The second-order valence-electron chi connectivity index (χ2n) is 7.02. The molecule has 2 N–H and O–H groups in total. The fourth-order valence-corrected chi connectivity index (χ4v) is 3.16. The number of nitrogens with one attached hydrogen (secondary N) is 2. The predicted molar refractivity (Wildman–Crippen MR) is 115 cm³/mol. The van der Waals surface area contributed by atoms with Gasteiger partial charge in [0.15, 0.2) is 0 Å². The fourth-order valence-electron chi connectivity index (χ4n) is 3.16. The molecular formula is C22H22N6O3. The molecule has 0 spiro atoms. The maximum absolute atomic E-state index is 12.8. The standard InChI is InChI=1S/C22H22N6O3/c1-3-23-19(29)9-10-20-26-21(27-31-20)15-8-7-14(2)16(12-15)25-22(30)17-13-24-18-6-4-5-11-28(17)18/h4-8,11-13H,3,9-10H2,1-2H3,(H,23,29)(H,25,30). The van der Waals surface area contributed by atoms with Crippen molar-refractivity contribution in [2.45, 2.75) is 26.7 Å². The van der Waals surface area contributed by atoms with Crippen LogP contribution in [0, 0.1) is 6.92 Å². The van der Waals surface area contributed by atoms with Gasteiger partial charge in [0.05, 0.1) is 6.20 Å². The van der Waals surface area contributed by atoms with Crippen molar-refractivity contribution in [3.63, 3.8) is 0 Å². The number of fused-ring (bicyclic) bond motifs is 1. The average Bonchev–Trinajstić information content (AvgIpc) is 3.41. The quantitative estimate of drug-likeness (QED) is 0.477. The van der Waals surface area contributed by atoms with Crippen molar-refractivity contribution < 1.29 is 14.1 Å². The van der Waals surface area contributed by atoms with E-state index < -0.39 is 0 Å². The van der Waals surface area contributed by atoms with E-state index in [9.17, 15) is 9.59 Å². The summed E-state index contributed by atoms with van der Waals surface area (Å²) in [5.41, 5.74) is 3.37. The lowest BCUT2D eigenvalue weighted by atomic mass is 10.1. The van der Waals surface area contributed by atoms with Gasteiger partial charge in [-0.25, -0.2) is 4.98 Å². The summed E-state index contributed by atoms with van der Waals surface area (Å²) in [5, 5.41) is 9.68. The highest BCUT2D eigenvalue weighted by atomic mass is 16.5. The number of amides is 2. The van der Waals surface area contributed by atoms with Crippen LogP contribution in [0.4, 0.5) is 5.69 Å². The number of carbonyl (C=O) groups excluding carboxylic acids is 2. The van der Waals surface area contributed by atoms with Gasteiger partial charge in [0.1, 0.15) is 11.3 Å². The van der Waals surface area contributed by atoms with E-state index in [0.29, 0.717) is 47.3 Å². The normalized spacial score (nSPS) is 10.9. The van der Waals surface area contributed by atoms with E-state index in [2.05, 4.69) is 25.8 Å². The van der Waals surface area contributed by atoms with E-state index in [1.54, 1.807) is 22.9 Å². The van der Waals surface area contributed by atoms with Crippen molar-refractivity contribution in [1.82, 2.24) is 24.8 Å². The van der Waals surface area contributed by atoms with Gasteiger partial charge in [-0.3, -0.25) is 14.0 Å². The van der Waals surface area contributed by atoms with Crippen LogP contribution in [-0.4, -0.2) is 37.9 Å².